The molecular weight excluding hydrogens is 320 g/mol. The maximum Gasteiger partial charge on any atom is 0.0626 e. The van der Waals surface area contributed by atoms with Gasteiger partial charge < -0.3 is 10.2 Å². The third-order valence-electron chi connectivity index (χ3n) is 8.95. The summed E-state index contributed by atoms with van der Waals surface area (Å²) in [7, 11) is 0. The first-order valence-electron chi connectivity index (χ1n) is 12.1. The number of hydrogen-bond donors (Lipinski definition) is 2. The van der Waals surface area contributed by atoms with Crippen LogP contribution in [0.3, 0.4) is 0 Å². The summed E-state index contributed by atoms with van der Waals surface area (Å²) in [6.07, 6.45) is 20.5. The van der Waals surface area contributed by atoms with Gasteiger partial charge in [-0.1, -0.05) is 77.0 Å². The minimum Gasteiger partial charge on any atom is -0.392 e. The van der Waals surface area contributed by atoms with Gasteiger partial charge in [-0.05, 0) is 55.3 Å². The Hall–Kier alpha value is -0.0800. The Morgan fingerprint density at radius 1 is 0.385 bits per heavy atom. The van der Waals surface area contributed by atoms with Crippen LogP contribution in [-0.2, 0) is 0 Å². The molecule has 0 aromatic rings. The van der Waals surface area contributed by atoms with Gasteiger partial charge in [-0.25, -0.2) is 0 Å². The maximum absolute atomic E-state index is 11.5. The van der Waals surface area contributed by atoms with Crippen LogP contribution in [0, 0.1) is 35.5 Å². The normalized spacial score (nSPS) is 44.1. The molecule has 0 aromatic carbocycles. The molecule has 4 rings (SSSR count). The standard InChI is InChI=1S/C24H42O2/c25-23-20(17-9-3-1-4-10-17)15-7-13-19-14-8-16-21(24(26)22(19)23)18-11-5-2-6-12-18/h17-26H,1-16H2/t19?,20-,21-,22?,23?,24?/m1/s1. The molecule has 2 heteroatoms. The van der Waals surface area contributed by atoms with E-state index in [0.717, 1.165) is 11.8 Å². The lowest BCUT2D eigenvalue weighted by molar-refractivity contribution is -0.0806. The SMILES string of the molecule is OC1C2C(CCC[C@@H]1C1CCCCC1)CCC[C@H](C1CCCCC1)C2O. The molecular formula is C24H42O2. The molecule has 0 amide bonds. The average Bonchev–Trinajstić information content (AvgIpc) is 2.95. The maximum atomic E-state index is 11.5. The van der Waals surface area contributed by atoms with Crippen molar-refractivity contribution in [1.82, 2.24) is 0 Å². The second kappa shape index (κ2) is 8.95. The predicted molar refractivity (Wildman–Crippen MR) is 107 cm³/mol. The van der Waals surface area contributed by atoms with Crippen LogP contribution in [0.4, 0.5) is 0 Å². The van der Waals surface area contributed by atoms with Crippen molar-refractivity contribution in [1.29, 1.82) is 0 Å². The van der Waals surface area contributed by atoms with Crippen molar-refractivity contribution >= 4 is 0 Å². The van der Waals surface area contributed by atoms with Crippen LogP contribution in [0.15, 0.2) is 0 Å². The highest BCUT2D eigenvalue weighted by Gasteiger charge is 2.47. The van der Waals surface area contributed by atoms with Crippen LogP contribution in [0.1, 0.15) is 103 Å². The van der Waals surface area contributed by atoms with Crippen LogP contribution in [-0.4, -0.2) is 22.4 Å². The van der Waals surface area contributed by atoms with Crippen molar-refractivity contribution < 1.29 is 10.2 Å². The molecule has 0 aliphatic heterocycles. The van der Waals surface area contributed by atoms with Crippen molar-refractivity contribution in [2.75, 3.05) is 0 Å². The second-order valence-electron chi connectivity index (χ2n) is 10.3. The number of aliphatic hydroxyl groups excluding tert-OH is 2. The highest BCUT2D eigenvalue weighted by Crippen LogP contribution is 2.48. The Balaban J connectivity index is 1.52. The van der Waals surface area contributed by atoms with Gasteiger partial charge in [0.25, 0.3) is 0 Å². The Bertz CT molecular complexity index is 386. The van der Waals surface area contributed by atoms with Crippen LogP contribution in [0.25, 0.3) is 0 Å². The van der Waals surface area contributed by atoms with Gasteiger partial charge in [0.05, 0.1) is 12.2 Å². The molecule has 26 heavy (non-hydrogen) atoms. The van der Waals surface area contributed by atoms with E-state index < -0.39 is 0 Å². The summed E-state index contributed by atoms with van der Waals surface area (Å²) in [5.74, 6) is 3.11. The molecule has 4 aliphatic rings. The highest BCUT2D eigenvalue weighted by molar-refractivity contribution is 4.97. The van der Waals surface area contributed by atoms with Crippen LogP contribution < -0.4 is 0 Å². The van der Waals surface area contributed by atoms with E-state index in [0.29, 0.717) is 17.8 Å². The van der Waals surface area contributed by atoms with Crippen molar-refractivity contribution in [2.45, 2.75) is 115 Å². The fourth-order valence-corrected chi connectivity index (χ4v) is 7.59. The second-order valence-corrected chi connectivity index (χ2v) is 10.3. The number of fused-ring (bicyclic) bond motifs is 1. The zero-order chi connectivity index (χ0) is 17.9. The third-order valence-corrected chi connectivity index (χ3v) is 8.95. The van der Waals surface area contributed by atoms with Crippen LogP contribution in [0.2, 0.25) is 0 Å². The zero-order valence-electron chi connectivity index (χ0n) is 16.8. The Morgan fingerprint density at radius 3 is 1.19 bits per heavy atom. The minimum atomic E-state index is -0.246. The number of rotatable bonds is 2. The molecule has 150 valence electrons. The van der Waals surface area contributed by atoms with Gasteiger partial charge in [0.2, 0.25) is 0 Å². The summed E-state index contributed by atoms with van der Waals surface area (Å²) in [4.78, 5) is 0. The van der Waals surface area contributed by atoms with E-state index in [4.69, 9.17) is 0 Å². The van der Waals surface area contributed by atoms with Gasteiger partial charge in [0, 0.05) is 5.92 Å². The van der Waals surface area contributed by atoms with Gasteiger partial charge in [0.15, 0.2) is 0 Å². The van der Waals surface area contributed by atoms with E-state index in [1.165, 1.54) is 103 Å². The minimum absolute atomic E-state index is 0.166. The first kappa shape index (κ1) is 19.2. The van der Waals surface area contributed by atoms with E-state index in [-0.39, 0.29) is 18.1 Å². The lowest BCUT2D eigenvalue weighted by Crippen LogP contribution is -2.45. The first-order valence-corrected chi connectivity index (χ1v) is 12.1. The van der Waals surface area contributed by atoms with Gasteiger partial charge in [-0.2, -0.15) is 0 Å². The van der Waals surface area contributed by atoms with Gasteiger partial charge in [-0.15, -0.1) is 0 Å². The molecule has 0 heterocycles. The summed E-state index contributed by atoms with van der Waals surface area (Å²) >= 11 is 0. The fraction of sp³-hybridized carbons (Fsp3) is 1.00. The van der Waals surface area contributed by atoms with Crippen molar-refractivity contribution in [2.24, 2.45) is 35.5 Å². The molecule has 2 N–H and O–H groups in total. The van der Waals surface area contributed by atoms with Crippen molar-refractivity contribution in [3.05, 3.63) is 0 Å². The molecule has 2 unspecified atom stereocenters. The summed E-state index contributed by atoms with van der Waals surface area (Å²) in [5, 5.41) is 23.1. The van der Waals surface area contributed by atoms with E-state index in [1.807, 2.05) is 0 Å². The zero-order valence-corrected chi connectivity index (χ0v) is 16.8. The molecule has 0 spiro atoms. The third kappa shape index (κ3) is 4.02. The Morgan fingerprint density at radius 2 is 0.769 bits per heavy atom. The van der Waals surface area contributed by atoms with Crippen LogP contribution in [0.5, 0.6) is 0 Å². The van der Waals surface area contributed by atoms with Gasteiger partial charge >= 0.3 is 0 Å². The Kier molecular flexibility index (Phi) is 6.62. The molecule has 4 fully saturated rings. The molecule has 0 radical (unpaired) electrons. The summed E-state index contributed by atoms with van der Waals surface area (Å²) in [5.41, 5.74) is 0. The van der Waals surface area contributed by atoms with Crippen molar-refractivity contribution in [3.63, 3.8) is 0 Å². The molecule has 4 aliphatic carbocycles. The van der Waals surface area contributed by atoms with E-state index in [1.54, 1.807) is 0 Å². The fourth-order valence-electron chi connectivity index (χ4n) is 7.59. The lowest BCUT2D eigenvalue weighted by Gasteiger charge is -2.42. The largest absolute Gasteiger partial charge is 0.392 e. The molecule has 0 aromatic heterocycles. The predicted octanol–water partition coefficient (Wildman–Crippen LogP) is 5.70. The number of hydrogen-bond acceptors (Lipinski definition) is 2. The average molecular weight is 363 g/mol. The highest BCUT2D eigenvalue weighted by atomic mass is 16.3. The smallest absolute Gasteiger partial charge is 0.0626 e. The first-order chi connectivity index (χ1) is 12.8. The lowest BCUT2D eigenvalue weighted by atomic mass is 9.67. The molecule has 2 nitrogen and oxygen atoms in total. The molecule has 0 bridgehead atoms. The summed E-state index contributed by atoms with van der Waals surface area (Å²) < 4.78 is 0. The van der Waals surface area contributed by atoms with E-state index >= 15 is 0 Å². The number of aliphatic hydroxyl groups is 2. The van der Waals surface area contributed by atoms with Gasteiger partial charge in [-0.3, -0.25) is 0 Å². The van der Waals surface area contributed by atoms with Gasteiger partial charge in [0.1, 0.15) is 0 Å². The molecule has 0 saturated heterocycles. The molecule has 4 saturated carbocycles. The topological polar surface area (TPSA) is 40.5 Å². The molecule has 4 atom stereocenters. The Labute approximate surface area is 161 Å². The van der Waals surface area contributed by atoms with E-state index in [2.05, 4.69) is 0 Å². The quantitative estimate of drug-likeness (QED) is 0.661. The summed E-state index contributed by atoms with van der Waals surface area (Å²) in [6.45, 7) is 0. The van der Waals surface area contributed by atoms with Crippen LogP contribution >= 0.6 is 0 Å². The van der Waals surface area contributed by atoms with E-state index in [9.17, 15) is 10.2 Å². The summed E-state index contributed by atoms with van der Waals surface area (Å²) in [6, 6.07) is 0. The van der Waals surface area contributed by atoms with Crippen molar-refractivity contribution in [3.8, 4) is 0 Å². The monoisotopic (exact) mass is 362 g/mol.